The number of hydrogen-bond acceptors (Lipinski definition) is 6. The molecule has 0 bridgehead atoms. The number of anilines is 1. The Morgan fingerprint density at radius 1 is 1.18 bits per heavy atom. The summed E-state index contributed by atoms with van der Waals surface area (Å²) >= 11 is 0. The summed E-state index contributed by atoms with van der Waals surface area (Å²) in [4.78, 5) is 34.8. The summed E-state index contributed by atoms with van der Waals surface area (Å²) in [5.41, 5.74) is 0.632. The highest BCUT2D eigenvalue weighted by atomic mass is 16.6. The van der Waals surface area contributed by atoms with E-state index in [-0.39, 0.29) is 16.9 Å². The molecule has 0 aromatic heterocycles. The summed E-state index contributed by atoms with van der Waals surface area (Å²) in [6.45, 7) is 5.60. The van der Waals surface area contributed by atoms with Gasteiger partial charge in [-0.05, 0) is 36.6 Å². The molecule has 148 valence electrons. The Hall–Kier alpha value is -3.42. The highest BCUT2D eigenvalue weighted by Crippen LogP contribution is 2.27. The van der Waals surface area contributed by atoms with Gasteiger partial charge in [0.05, 0.1) is 17.1 Å². The summed E-state index contributed by atoms with van der Waals surface area (Å²) in [6.07, 6.45) is 0. The minimum atomic E-state index is -0.690. The molecule has 0 aliphatic rings. The van der Waals surface area contributed by atoms with Crippen molar-refractivity contribution in [3.8, 4) is 5.75 Å². The third kappa shape index (κ3) is 5.80. The molecular formula is C20H22N2O6. The Morgan fingerprint density at radius 2 is 1.89 bits per heavy atom. The second-order valence-electron chi connectivity index (χ2n) is 6.58. The van der Waals surface area contributed by atoms with Crippen LogP contribution in [0.1, 0.15) is 29.8 Å². The Labute approximate surface area is 162 Å². The quantitative estimate of drug-likeness (QED) is 0.421. The predicted molar refractivity (Wildman–Crippen MR) is 104 cm³/mol. The molecule has 2 aromatic rings. The van der Waals surface area contributed by atoms with Crippen LogP contribution in [-0.4, -0.2) is 30.0 Å². The summed E-state index contributed by atoms with van der Waals surface area (Å²) in [7, 11) is 0. The monoisotopic (exact) mass is 386 g/mol. The van der Waals surface area contributed by atoms with Crippen molar-refractivity contribution < 1.29 is 24.0 Å². The zero-order valence-electron chi connectivity index (χ0n) is 15.9. The topological polar surface area (TPSA) is 108 Å². The minimum Gasteiger partial charge on any atom is -0.493 e. The fourth-order valence-electron chi connectivity index (χ4n) is 2.33. The van der Waals surface area contributed by atoms with Gasteiger partial charge in [0, 0.05) is 6.07 Å². The van der Waals surface area contributed by atoms with Gasteiger partial charge in [0.15, 0.2) is 6.61 Å². The van der Waals surface area contributed by atoms with Gasteiger partial charge in [0.25, 0.3) is 11.6 Å². The number of carbonyl (C=O) groups excluding carboxylic acids is 2. The van der Waals surface area contributed by atoms with E-state index in [0.717, 1.165) is 0 Å². The van der Waals surface area contributed by atoms with E-state index in [0.29, 0.717) is 23.8 Å². The van der Waals surface area contributed by atoms with Crippen LogP contribution >= 0.6 is 0 Å². The molecule has 0 radical (unpaired) electrons. The van der Waals surface area contributed by atoms with Crippen LogP contribution < -0.4 is 10.1 Å². The molecule has 28 heavy (non-hydrogen) atoms. The average molecular weight is 386 g/mol. The van der Waals surface area contributed by atoms with Gasteiger partial charge in [-0.15, -0.1) is 0 Å². The number of hydrogen-bond donors (Lipinski definition) is 1. The van der Waals surface area contributed by atoms with Gasteiger partial charge in [-0.1, -0.05) is 32.0 Å². The van der Waals surface area contributed by atoms with Crippen molar-refractivity contribution in [1.29, 1.82) is 0 Å². The van der Waals surface area contributed by atoms with Crippen molar-refractivity contribution in [3.63, 3.8) is 0 Å². The molecule has 1 amide bonds. The molecule has 0 spiro atoms. The van der Waals surface area contributed by atoms with Crippen molar-refractivity contribution in [1.82, 2.24) is 0 Å². The molecule has 0 saturated heterocycles. The number of nitrogens with one attached hydrogen (secondary N) is 1. The van der Waals surface area contributed by atoms with E-state index >= 15 is 0 Å². The maximum absolute atomic E-state index is 12.2. The molecule has 0 heterocycles. The van der Waals surface area contributed by atoms with Crippen LogP contribution in [0.3, 0.4) is 0 Å². The average Bonchev–Trinajstić information content (AvgIpc) is 2.66. The number of nitrogens with zero attached hydrogens (tertiary/aromatic N) is 1. The van der Waals surface area contributed by atoms with E-state index < -0.39 is 23.4 Å². The van der Waals surface area contributed by atoms with Crippen molar-refractivity contribution in [2.75, 3.05) is 18.5 Å². The lowest BCUT2D eigenvalue weighted by molar-refractivity contribution is -0.384. The number of nitro groups is 1. The molecule has 0 saturated carbocycles. The van der Waals surface area contributed by atoms with Crippen molar-refractivity contribution in [2.24, 2.45) is 5.92 Å². The van der Waals surface area contributed by atoms with E-state index in [1.807, 2.05) is 13.8 Å². The fourth-order valence-corrected chi connectivity index (χ4v) is 2.33. The normalized spacial score (nSPS) is 10.4. The van der Waals surface area contributed by atoms with Crippen LogP contribution in [0.2, 0.25) is 0 Å². The Kier molecular flexibility index (Phi) is 7.08. The lowest BCUT2D eigenvalue weighted by Gasteiger charge is -2.11. The van der Waals surface area contributed by atoms with E-state index in [9.17, 15) is 19.7 Å². The minimum absolute atomic E-state index is 0.0811. The molecule has 0 aliphatic heterocycles. The van der Waals surface area contributed by atoms with Crippen molar-refractivity contribution in [3.05, 3.63) is 63.7 Å². The van der Waals surface area contributed by atoms with E-state index in [1.54, 1.807) is 31.2 Å². The van der Waals surface area contributed by atoms with Crippen LogP contribution in [-0.2, 0) is 9.53 Å². The largest absolute Gasteiger partial charge is 0.493 e. The van der Waals surface area contributed by atoms with E-state index in [4.69, 9.17) is 9.47 Å². The van der Waals surface area contributed by atoms with Crippen molar-refractivity contribution in [2.45, 2.75) is 20.8 Å². The molecule has 8 nitrogen and oxygen atoms in total. The number of carbonyl (C=O) groups is 2. The van der Waals surface area contributed by atoms with E-state index in [1.165, 1.54) is 18.2 Å². The van der Waals surface area contributed by atoms with Gasteiger partial charge >= 0.3 is 5.97 Å². The molecule has 0 unspecified atom stereocenters. The maximum Gasteiger partial charge on any atom is 0.338 e. The van der Waals surface area contributed by atoms with Gasteiger partial charge in [0.1, 0.15) is 11.4 Å². The first kappa shape index (κ1) is 20.9. The standard InChI is InChI=1S/C20H22N2O6/c1-13(2)11-27-16-8-5-7-15(10-16)20(24)28-12-18(23)21-19-14(3)6-4-9-17(19)22(25)26/h4-10,13H,11-12H2,1-3H3,(H,21,23). The first-order chi connectivity index (χ1) is 13.3. The molecule has 0 fully saturated rings. The molecule has 2 aromatic carbocycles. The molecule has 0 atom stereocenters. The molecular weight excluding hydrogens is 364 g/mol. The Balaban J connectivity index is 1.97. The van der Waals surface area contributed by atoms with Crippen LogP contribution in [0, 0.1) is 23.0 Å². The molecule has 0 aliphatic carbocycles. The first-order valence-corrected chi connectivity index (χ1v) is 8.71. The lowest BCUT2D eigenvalue weighted by Crippen LogP contribution is -2.22. The number of nitro benzene ring substituents is 1. The first-order valence-electron chi connectivity index (χ1n) is 8.71. The fraction of sp³-hybridized carbons (Fsp3) is 0.300. The summed E-state index contributed by atoms with van der Waals surface area (Å²) in [5, 5.41) is 13.5. The number of esters is 1. The summed E-state index contributed by atoms with van der Waals surface area (Å²) < 4.78 is 10.6. The molecule has 1 N–H and O–H groups in total. The van der Waals surface area contributed by atoms with Crippen molar-refractivity contribution >= 4 is 23.3 Å². The second-order valence-corrected chi connectivity index (χ2v) is 6.58. The van der Waals surface area contributed by atoms with Crippen LogP contribution in [0.25, 0.3) is 0 Å². The SMILES string of the molecule is Cc1cccc([N+](=O)[O-])c1NC(=O)COC(=O)c1cccc(OCC(C)C)c1. The smallest absolute Gasteiger partial charge is 0.338 e. The van der Waals surface area contributed by atoms with Gasteiger partial charge < -0.3 is 14.8 Å². The number of rotatable bonds is 8. The number of ether oxygens (including phenoxy) is 2. The zero-order valence-corrected chi connectivity index (χ0v) is 15.9. The number of amides is 1. The van der Waals surface area contributed by atoms with E-state index in [2.05, 4.69) is 5.32 Å². The third-order valence-corrected chi connectivity index (χ3v) is 3.70. The van der Waals surface area contributed by atoms with Crippen LogP contribution in [0.15, 0.2) is 42.5 Å². The number of benzene rings is 2. The van der Waals surface area contributed by atoms with Gasteiger partial charge in [-0.25, -0.2) is 4.79 Å². The van der Waals surface area contributed by atoms with Gasteiger partial charge in [-0.3, -0.25) is 14.9 Å². The van der Waals surface area contributed by atoms with Gasteiger partial charge in [0.2, 0.25) is 0 Å². The Morgan fingerprint density at radius 3 is 2.57 bits per heavy atom. The highest BCUT2D eigenvalue weighted by Gasteiger charge is 2.19. The third-order valence-electron chi connectivity index (χ3n) is 3.70. The lowest BCUT2D eigenvalue weighted by atomic mass is 10.1. The van der Waals surface area contributed by atoms with Crippen LogP contribution in [0.4, 0.5) is 11.4 Å². The Bertz CT molecular complexity index is 879. The highest BCUT2D eigenvalue weighted by molar-refractivity contribution is 5.97. The predicted octanol–water partition coefficient (Wildman–Crippen LogP) is 3.73. The zero-order chi connectivity index (χ0) is 20.7. The number of para-hydroxylation sites is 1. The second kappa shape index (κ2) is 9.50. The maximum atomic E-state index is 12.2. The molecule has 8 heteroatoms. The molecule has 2 rings (SSSR count). The summed E-state index contributed by atoms with van der Waals surface area (Å²) in [6, 6.07) is 10.9. The number of aryl methyl sites for hydroxylation is 1. The van der Waals surface area contributed by atoms with Gasteiger partial charge in [-0.2, -0.15) is 0 Å². The summed E-state index contributed by atoms with van der Waals surface area (Å²) in [5.74, 6) is -0.490. The van der Waals surface area contributed by atoms with Crippen LogP contribution in [0.5, 0.6) is 5.75 Å².